The fraction of sp³-hybridized carbons (Fsp3) is 0.478. The summed E-state index contributed by atoms with van der Waals surface area (Å²) in [6.07, 6.45) is 10.7. The summed E-state index contributed by atoms with van der Waals surface area (Å²) < 4.78 is 1.82. The highest BCUT2D eigenvalue weighted by atomic mass is 16.2. The first-order chi connectivity index (χ1) is 15.5. The summed E-state index contributed by atoms with van der Waals surface area (Å²) in [7, 11) is 0. The molecule has 1 fully saturated rings. The van der Waals surface area contributed by atoms with E-state index in [0.717, 1.165) is 55.8 Å². The van der Waals surface area contributed by atoms with Crippen molar-refractivity contribution in [2.45, 2.75) is 57.5 Å². The van der Waals surface area contributed by atoms with Crippen LogP contribution in [0, 0.1) is 0 Å². The molecule has 9 nitrogen and oxygen atoms in total. The topological polar surface area (TPSA) is 102 Å². The second-order valence-electron chi connectivity index (χ2n) is 8.91. The van der Waals surface area contributed by atoms with E-state index in [1.807, 2.05) is 27.9 Å². The molecule has 4 heterocycles. The number of pyridine rings is 1. The van der Waals surface area contributed by atoms with Crippen LogP contribution in [0.3, 0.4) is 0 Å². The molecule has 1 amide bonds. The molecule has 0 radical (unpaired) electrons. The Labute approximate surface area is 187 Å². The third kappa shape index (κ3) is 3.83. The number of carbonyl (C=O) groups is 1. The number of aromatic nitrogens is 6. The number of likely N-dealkylation sites (tertiary alicyclic amines) is 1. The van der Waals surface area contributed by atoms with Crippen molar-refractivity contribution >= 4 is 11.7 Å². The number of hydrogen-bond acceptors (Lipinski definition) is 7. The molecule has 32 heavy (non-hydrogen) atoms. The molecule has 166 valence electrons. The van der Waals surface area contributed by atoms with Gasteiger partial charge in [-0.1, -0.05) is 0 Å². The lowest BCUT2D eigenvalue weighted by Crippen LogP contribution is -2.43. The maximum absolute atomic E-state index is 11.9. The van der Waals surface area contributed by atoms with Gasteiger partial charge in [-0.15, -0.1) is 0 Å². The van der Waals surface area contributed by atoms with Gasteiger partial charge in [0.05, 0.1) is 12.2 Å². The summed E-state index contributed by atoms with van der Waals surface area (Å²) in [6, 6.07) is 4.03. The average molecular weight is 433 g/mol. The third-order valence-electron chi connectivity index (χ3n) is 6.76. The van der Waals surface area contributed by atoms with Crippen LogP contribution in [0.15, 0.2) is 37.2 Å². The van der Waals surface area contributed by atoms with Crippen molar-refractivity contribution in [3.8, 4) is 11.4 Å². The highest BCUT2D eigenvalue weighted by molar-refractivity contribution is 5.73. The van der Waals surface area contributed by atoms with Gasteiger partial charge in [0, 0.05) is 55.0 Å². The van der Waals surface area contributed by atoms with E-state index in [9.17, 15) is 4.79 Å². The standard InChI is InChI=1S/C23H28N8O/c1-16(13-31-15-25-14-26-31)27-22-19-5-6-23(7-10-30(11-8-23)17(2)32)20(19)28-21(29-22)18-4-3-9-24-12-18/h3-4,9,12,14-16H,5-8,10-11,13H2,1-2H3,(H,27,28,29). The Morgan fingerprint density at radius 3 is 2.75 bits per heavy atom. The SMILES string of the molecule is CC(=O)N1CCC2(CCc3c(NC(C)Cn4cncn4)nc(-c4cccnc4)nc32)CC1. The first-order valence-corrected chi connectivity index (χ1v) is 11.2. The number of hydrogen-bond donors (Lipinski definition) is 1. The predicted molar refractivity (Wildman–Crippen MR) is 120 cm³/mol. The lowest BCUT2D eigenvalue weighted by molar-refractivity contribution is -0.130. The second kappa shape index (κ2) is 8.29. The smallest absolute Gasteiger partial charge is 0.219 e. The van der Waals surface area contributed by atoms with Gasteiger partial charge < -0.3 is 10.2 Å². The molecule has 5 rings (SSSR count). The molecule has 9 heteroatoms. The van der Waals surface area contributed by atoms with E-state index in [2.05, 4.69) is 27.3 Å². The van der Waals surface area contributed by atoms with Gasteiger partial charge in [-0.05, 0) is 44.7 Å². The number of fused-ring (bicyclic) bond motifs is 2. The van der Waals surface area contributed by atoms with Crippen molar-refractivity contribution in [2.24, 2.45) is 0 Å². The van der Waals surface area contributed by atoms with Crippen LogP contribution >= 0.6 is 0 Å². The van der Waals surface area contributed by atoms with Gasteiger partial charge in [0.1, 0.15) is 18.5 Å². The van der Waals surface area contributed by atoms with Crippen LogP contribution in [0.4, 0.5) is 5.82 Å². The van der Waals surface area contributed by atoms with E-state index in [1.165, 1.54) is 5.56 Å². The Morgan fingerprint density at radius 2 is 2.06 bits per heavy atom. The summed E-state index contributed by atoms with van der Waals surface area (Å²) in [5, 5.41) is 7.83. The molecule has 1 saturated heterocycles. The fourth-order valence-electron chi connectivity index (χ4n) is 5.01. The van der Waals surface area contributed by atoms with Gasteiger partial charge in [0.2, 0.25) is 5.91 Å². The number of anilines is 1. The number of amides is 1. The van der Waals surface area contributed by atoms with Crippen LogP contribution in [0.5, 0.6) is 0 Å². The zero-order chi connectivity index (χ0) is 22.1. The Hall–Kier alpha value is -3.36. The highest BCUT2D eigenvalue weighted by Gasteiger charge is 2.44. The molecule has 2 aliphatic rings. The van der Waals surface area contributed by atoms with Crippen molar-refractivity contribution in [3.05, 3.63) is 48.4 Å². The summed E-state index contributed by atoms with van der Waals surface area (Å²) in [5.74, 6) is 1.75. The normalized spacial score (nSPS) is 17.9. The maximum Gasteiger partial charge on any atom is 0.219 e. The molecular formula is C23H28N8O. The van der Waals surface area contributed by atoms with Gasteiger partial charge in [-0.25, -0.2) is 15.0 Å². The Bertz CT molecular complexity index is 1090. The minimum atomic E-state index is 0.00670. The first kappa shape index (κ1) is 20.5. The lowest BCUT2D eigenvalue weighted by Gasteiger charge is -2.39. The Kier molecular flexibility index (Phi) is 5.32. The zero-order valence-electron chi connectivity index (χ0n) is 18.5. The minimum Gasteiger partial charge on any atom is -0.365 e. The molecule has 3 aromatic rings. The number of rotatable bonds is 5. The fourth-order valence-corrected chi connectivity index (χ4v) is 5.01. The van der Waals surface area contributed by atoms with Crippen LogP contribution in [-0.2, 0) is 23.2 Å². The summed E-state index contributed by atoms with van der Waals surface area (Å²) >= 11 is 0. The number of nitrogens with one attached hydrogen (secondary N) is 1. The molecule has 0 bridgehead atoms. The van der Waals surface area contributed by atoms with E-state index >= 15 is 0 Å². The van der Waals surface area contributed by atoms with Gasteiger partial charge in [-0.3, -0.25) is 14.5 Å². The molecule has 3 aromatic heterocycles. The molecule has 1 spiro atoms. The van der Waals surface area contributed by atoms with E-state index in [-0.39, 0.29) is 17.4 Å². The molecule has 0 saturated carbocycles. The van der Waals surface area contributed by atoms with Crippen LogP contribution < -0.4 is 5.32 Å². The quantitative estimate of drug-likeness (QED) is 0.661. The largest absolute Gasteiger partial charge is 0.365 e. The van der Waals surface area contributed by atoms with Gasteiger partial charge >= 0.3 is 0 Å². The molecule has 1 aliphatic heterocycles. The number of carbonyl (C=O) groups excluding carboxylic acids is 1. The zero-order valence-corrected chi connectivity index (χ0v) is 18.5. The van der Waals surface area contributed by atoms with Gasteiger partial charge in [-0.2, -0.15) is 5.10 Å². The van der Waals surface area contributed by atoms with Crippen molar-refractivity contribution in [3.63, 3.8) is 0 Å². The molecule has 1 atom stereocenters. The van der Waals surface area contributed by atoms with E-state index < -0.39 is 0 Å². The van der Waals surface area contributed by atoms with Crippen molar-refractivity contribution < 1.29 is 4.79 Å². The average Bonchev–Trinajstić information content (AvgIpc) is 3.43. The molecule has 0 aromatic carbocycles. The van der Waals surface area contributed by atoms with E-state index in [1.54, 1.807) is 25.8 Å². The minimum absolute atomic E-state index is 0.00670. The van der Waals surface area contributed by atoms with Crippen LogP contribution in [0.2, 0.25) is 0 Å². The van der Waals surface area contributed by atoms with Gasteiger partial charge in [0.25, 0.3) is 0 Å². The first-order valence-electron chi connectivity index (χ1n) is 11.2. The summed E-state index contributed by atoms with van der Waals surface area (Å²) in [5.41, 5.74) is 3.27. The number of nitrogens with zero attached hydrogens (tertiary/aromatic N) is 7. The summed E-state index contributed by atoms with van der Waals surface area (Å²) in [4.78, 5) is 32.1. The molecular weight excluding hydrogens is 404 g/mol. The van der Waals surface area contributed by atoms with Crippen molar-refractivity contribution in [1.82, 2.24) is 34.6 Å². The monoisotopic (exact) mass is 432 g/mol. The van der Waals surface area contributed by atoms with Crippen LogP contribution in [0.25, 0.3) is 11.4 Å². The van der Waals surface area contributed by atoms with Crippen LogP contribution in [0.1, 0.15) is 44.4 Å². The van der Waals surface area contributed by atoms with Crippen molar-refractivity contribution in [2.75, 3.05) is 18.4 Å². The van der Waals surface area contributed by atoms with E-state index in [4.69, 9.17) is 9.97 Å². The van der Waals surface area contributed by atoms with Crippen LogP contribution in [-0.4, -0.2) is 59.7 Å². The molecule has 1 aliphatic carbocycles. The lowest BCUT2D eigenvalue weighted by atomic mass is 9.76. The van der Waals surface area contributed by atoms with E-state index in [0.29, 0.717) is 12.4 Å². The maximum atomic E-state index is 11.9. The second-order valence-corrected chi connectivity index (χ2v) is 8.91. The molecule has 1 unspecified atom stereocenters. The number of piperidine rings is 1. The van der Waals surface area contributed by atoms with Crippen molar-refractivity contribution in [1.29, 1.82) is 0 Å². The molecule has 1 N–H and O–H groups in total. The summed E-state index contributed by atoms with van der Waals surface area (Å²) in [6.45, 7) is 6.04. The van der Waals surface area contributed by atoms with Gasteiger partial charge in [0.15, 0.2) is 5.82 Å². The Morgan fingerprint density at radius 1 is 1.22 bits per heavy atom. The Balaban J connectivity index is 1.50. The highest BCUT2D eigenvalue weighted by Crippen LogP contribution is 2.47. The predicted octanol–water partition coefficient (Wildman–Crippen LogP) is 2.46. The third-order valence-corrected chi connectivity index (χ3v) is 6.76.